The third-order valence-electron chi connectivity index (χ3n) is 8.92. The van der Waals surface area contributed by atoms with E-state index >= 15 is 0 Å². The van der Waals surface area contributed by atoms with Crippen molar-refractivity contribution in [3.8, 4) is 5.75 Å². The van der Waals surface area contributed by atoms with E-state index in [4.69, 9.17) is 14.5 Å². The van der Waals surface area contributed by atoms with Gasteiger partial charge in [0.15, 0.2) is 11.6 Å². The summed E-state index contributed by atoms with van der Waals surface area (Å²) in [4.78, 5) is 18.6. The molecule has 1 atom stereocenters. The Labute approximate surface area is 257 Å². The van der Waals surface area contributed by atoms with Gasteiger partial charge in [-0.3, -0.25) is 9.69 Å². The highest BCUT2D eigenvalue weighted by Crippen LogP contribution is 2.41. The number of pyridine rings is 1. The van der Waals surface area contributed by atoms with Crippen molar-refractivity contribution in [1.82, 2.24) is 15.2 Å². The van der Waals surface area contributed by atoms with Crippen molar-refractivity contribution in [1.29, 1.82) is 0 Å². The number of nitrogens with one attached hydrogen (secondary N) is 2. The van der Waals surface area contributed by atoms with Crippen molar-refractivity contribution < 1.29 is 23.8 Å². The number of carboxylic acid groups (broad SMARTS) is 1. The van der Waals surface area contributed by atoms with Gasteiger partial charge in [-0.2, -0.15) is 0 Å². The summed E-state index contributed by atoms with van der Waals surface area (Å²) in [6, 6.07) is 6.90. The van der Waals surface area contributed by atoms with Crippen LogP contribution in [-0.4, -0.2) is 74.5 Å². The molecule has 3 aliphatic rings. The summed E-state index contributed by atoms with van der Waals surface area (Å²) >= 11 is 0. The summed E-state index contributed by atoms with van der Waals surface area (Å²) in [5.74, 6) is -0.287. The van der Waals surface area contributed by atoms with Crippen molar-refractivity contribution in [3.05, 3.63) is 52.5 Å². The fourth-order valence-corrected chi connectivity index (χ4v) is 6.27. The van der Waals surface area contributed by atoms with E-state index < -0.39 is 17.8 Å². The molecule has 8 nitrogen and oxygen atoms in total. The smallest absolute Gasteiger partial charge is 0.325 e. The molecule has 0 aliphatic carbocycles. The van der Waals surface area contributed by atoms with Gasteiger partial charge in [0.05, 0.1) is 7.11 Å². The van der Waals surface area contributed by atoms with E-state index in [9.17, 15) is 14.3 Å². The van der Waals surface area contributed by atoms with Gasteiger partial charge in [0, 0.05) is 31.0 Å². The number of ether oxygens (including phenoxy) is 2. The Balaban J connectivity index is 0.000000247. The molecule has 3 aliphatic heterocycles. The molecule has 9 heteroatoms. The number of benzene rings is 1. The molecule has 4 heterocycles. The highest BCUT2D eigenvalue weighted by Gasteiger charge is 2.36. The van der Waals surface area contributed by atoms with Crippen molar-refractivity contribution in [3.63, 3.8) is 0 Å². The molecule has 0 bridgehead atoms. The third kappa shape index (κ3) is 9.13. The van der Waals surface area contributed by atoms with Crippen LogP contribution in [-0.2, 0) is 27.8 Å². The molecule has 1 aromatic heterocycles. The summed E-state index contributed by atoms with van der Waals surface area (Å²) in [5.41, 5.74) is 3.65. The van der Waals surface area contributed by atoms with Gasteiger partial charge in [-0.05, 0) is 119 Å². The fraction of sp³-hybridized carbons (Fsp3) is 0.647. The van der Waals surface area contributed by atoms with Gasteiger partial charge in [0.2, 0.25) is 0 Å². The number of likely N-dealkylation sites (tertiary alicyclic amines) is 1. The van der Waals surface area contributed by atoms with Crippen LogP contribution in [0.4, 0.5) is 10.2 Å². The summed E-state index contributed by atoms with van der Waals surface area (Å²) in [6.45, 7) is 6.97. The molecule has 0 spiro atoms. The van der Waals surface area contributed by atoms with Crippen LogP contribution in [0, 0.1) is 5.82 Å². The predicted octanol–water partition coefficient (Wildman–Crippen LogP) is 6.13. The lowest BCUT2D eigenvalue weighted by Crippen LogP contribution is -2.34. The third-order valence-corrected chi connectivity index (χ3v) is 8.92. The van der Waals surface area contributed by atoms with Crippen LogP contribution in [0.15, 0.2) is 24.3 Å². The molecule has 2 saturated heterocycles. The van der Waals surface area contributed by atoms with Gasteiger partial charge in [-0.1, -0.05) is 26.8 Å². The Morgan fingerprint density at radius 2 is 1.93 bits per heavy atom. The summed E-state index contributed by atoms with van der Waals surface area (Å²) in [5, 5.41) is 16.4. The zero-order valence-electron chi connectivity index (χ0n) is 25.6. The number of halogens is 1. The first kappa shape index (κ1) is 34.7. The maximum absolute atomic E-state index is 14.8. The van der Waals surface area contributed by atoms with Gasteiger partial charge in [0.25, 0.3) is 0 Å². The molecule has 43 heavy (non-hydrogen) atoms. The number of hydrogen-bond acceptors (Lipinski definition) is 7. The largest absolute Gasteiger partial charge is 0.493 e. The number of aromatic nitrogens is 1. The minimum Gasteiger partial charge on any atom is -0.493 e. The second-order valence-electron chi connectivity index (χ2n) is 12.0. The second-order valence-corrected chi connectivity index (χ2v) is 12.0. The van der Waals surface area contributed by atoms with Gasteiger partial charge < -0.3 is 25.2 Å². The molecule has 0 saturated carbocycles. The molecule has 2 aromatic rings. The van der Waals surface area contributed by atoms with Crippen LogP contribution in [0.3, 0.4) is 0 Å². The number of nitrogens with zero attached hydrogens (tertiary/aromatic N) is 2. The highest BCUT2D eigenvalue weighted by atomic mass is 19.1. The standard InChI is InChI=1S/C19H26FNO4.C14H23N3.CH4/c1-19(5-9-25-10-6-19)13-11-14(17(24-2)15(20)12-13)16(18(22)23)21-7-3-4-8-21;1-15-10-4-2-3-7-13-9-8-12-6-5-11-16-14(12)17-13;/h11-12,16H,3-10H2,1-2H3,(H,22,23);8-9,15H,2-7,10-11H2,1H3,(H,16,17);1H4. The van der Waals surface area contributed by atoms with E-state index in [1.165, 1.54) is 56.5 Å². The average Bonchev–Trinajstić information content (AvgIpc) is 3.52. The van der Waals surface area contributed by atoms with E-state index in [0.29, 0.717) is 31.9 Å². The minimum absolute atomic E-state index is 0. The number of rotatable bonds is 11. The second kappa shape index (κ2) is 16.9. The van der Waals surface area contributed by atoms with Crippen molar-refractivity contribution >= 4 is 11.8 Å². The zero-order valence-corrected chi connectivity index (χ0v) is 25.6. The Morgan fingerprint density at radius 1 is 1.19 bits per heavy atom. The summed E-state index contributed by atoms with van der Waals surface area (Å²) < 4.78 is 25.5. The highest BCUT2D eigenvalue weighted by molar-refractivity contribution is 5.77. The molecule has 0 radical (unpaired) electrons. The molecule has 1 aromatic carbocycles. The van der Waals surface area contributed by atoms with E-state index in [0.717, 1.165) is 56.6 Å². The van der Waals surface area contributed by atoms with E-state index in [-0.39, 0.29) is 18.6 Å². The summed E-state index contributed by atoms with van der Waals surface area (Å²) in [7, 11) is 3.40. The number of aliphatic carboxylic acids is 1. The van der Waals surface area contributed by atoms with Crippen LogP contribution in [0.5, 0.6) is 5.75 Å². The van der Waals surface area contributed by atoms with Crippen LogP contribution in [0.1, 0.15) is 94.1 Å². The van der Waals surface area contributed by atoms with Crippen LogP contribution in [0.25, 0.3) is 0 Å². The minimum atomic E-state index is -0.964. The summed E-state index contributed by atoms with van der Waals surface area (Å²) in [6.07, 6.45) is 10.8. The van der Waals surface area contributed by atoms with Crippen molar-refractivity contribution in [2.45, 2.75) is 90.0 Å². The first-order valence-corrected chi connectivity index (χ1v) is 15.7. The Hall–Kier alpha value is -2.75. The van der Waals surface area contributed by atoms with Crippen LogP contribution < -0.4 is 15.4 Å². The average molecular weight is 601 g/mol. The number of unbranched alkanes of at least 4 members (excludes halogenated alkanes) is 2. The van der Waals surface area contributed by atoms with Gasteiger partial charge in [-0.25, -0.2) is 9.37 Å². The molecule has 0 amide bonds. The monoisotopic (exact) mass is 600 g/mol. The molecular formula is C34H53FN4O4. The van der Waals surface area contributed by atoms with Crippen molar-refractivity contribution in [2.24, 2.45) is 0 Å². The first-order chi connectivity index (χ1) is 20.4. The Bertz CT molecular complexity index is 1170. The molecule has 2 fully saturated rings. The Morgan fingerprint density at radius 3 is 2.60 bits per heavy atom. The quantitative estimate of drug-likeness (QED) is 0.265. The molecule has 3 N–H and O–H groups in total. The van der Waals surface area contributed by atoms with Gasteiger partial charge in [-0.15, -0.1) is 0 Å². The van der Waals surface area contributed by atoms with E-state index in [1.807, 2.05) is 18.0 Å². The number of methoxy groups -OCH3 is 1. The lowest BCUT2D eigenvalue weighted by atomic mass is 9.75. The molecule has 5 rings (SSSR count). The first-order valence-electron chi connectivity index (χ1n) is 15.7. The Kier molecular flexibility index (Phi) is 13.7. The van der Waals surface area contributed by atoms with Gasteiger partial charge >= 0.3 is 5.97 Å². The molecule has 240 valence electrons. The number of aryl methyl sites for hydroxylation is 2. The zero-order chi connectivity index (χ0) is 30.0. The van der Waals surface area contributed by atoms with Gasteiger partial charge in [0.1, 0.15) is 11.9 Å². The molecular weight excluding hydrogens is 547 g/mol. The van der Waals surface area contributed by atoms with Crippen LogP contribution >= 0.6 is 0 Å². The fourth-order valence-electron chi connectivity index (χ4n) is 6.27. The topological polar surface area (TPSA) is 96.0 Å². The number of anilines is 1. The number of fused-ring (bicyclic) bond motifs is 1. The SMILES string of the molecule is C.CNCCCCCc1ccc2c(n1)NCCC2.COc1c(F)cc(C2(C)CCOCC2)cc1C(C(=O)O)N1CCCC1. The normalized spacial score (nSPS) is 18.3. The molecule has 1 unspecified atom stereocenters. The van der Waals surface area contributed by atoms with E-state index in [2.05, 4.69) is 29.7 Å². The van der Waals surface area contributed by atoms with E-state index in [1.54, 1.807) is 0 Å². The maximum atomic E-state index is 14.8. The lowest BCUT2D eigenvalue weighted by molar-refractivity contribution is -0.143. The number of carbonyl (C=O) groups is 1. The van der Waals surface area contributed by atoms with Crippen molar-refractivity contribution in [2.75, 3.05) is 58.9 Å². The lowest BCUT2D eigenvalue weighted by Gasteiger charge is -2.35. The maximum Gasteiger partial charge on any atom is 0.325 e. The number of hydrogen-bond donors (Lipinski definition) is 3. The number of carboxylic acids is 1. The predicted molar refractivity (Wildman–Crippen MR) is 171 cm³/mol. The van der Waals surface area contributed by atoms with Crippen LogP contribution in [0.2, 0.25) is 0 Å².